The minimum Gasteiger partial charge on any atom is -0.422 e. The first-order chi connectivity index (χ1) is 10.7. The Balaban J connectivity index is 1.72. The van der Waals surface area contributed by atoms with Crippen molar-refractivity contribution in [2.75, 3.05) is 6.54 Å². The molecule has 0 spiro atoms. The molecule has 0 aliphatic heterocycles. The second-order valence-corrected chi connectivity index (χ2v) is 4.81. The van der Waals surface area contributed by atoms with Crippen LogP contribution in [0.25, 0.3) is 11.0 Å². The van der Waals surface area contributed by atoms with Crippen molar-refractivity contribution in [3.05, 3.63) is 76.4 Å². The number of carbonyl (C=O) groups is 1. The first kappa shape index (κ1) is 14.0. The number of para-hydroxylation sites is 1. The van der Waals surface area contributed by atoms with Gasteiger partial charge in [-0.1, -0.05) is 24.3 Å². The fourth-order valence-electron chi connectivity index (χ4n) is 2.17. The number of hydrogen-bond donors (Lipinski definition) is 1. The highest BCUT2D eigenvalue weighted by atomic mass is 16.4. The van der Waals surface area contributed by atoms with Crippen molar-refractivity contribution in [1.82, 2.24) is 10.3 Å². The number of fused-ring (bicyclic) bond motifs is 1. The van der Waals surface area contributed by atoms with Gasteiger partial charge in [0.25, 0.3) is 5.91 Å². The Labute approximate surface area is 126 Å². The average Bonchev–Trinajstić information content (AvgIpc) is 2.55. The van der Waals surface area contributed by atoms with Gasteiger partial charge in [0, 0.05) is 30.2 Å². The number of nitrogens with one attached hydrogen (secondary N) is 1. The third kappa shape index (κ3) is 3.03. The minimum atomic E-state index is -0.631. The number of carbonyl (C=O) groups excluding carboxylic acids is 1. The second kappa shape index (κ2) is 6.22. The zero-order valence-corrected chi connectivity index (χ0v) is 11.8. The summed E-state index contributed by atoms with van der Waals surface area (Å²) in [5.74, 6) is -0.435. The van der Waals surface area contributed by atoms with Gasteiger partial charge in [-0.15, -0.1) is 0 Å². The van der Waals surface area contributed by atoms with Crippen LogP contribution in [0.1, 0.15) is 16.1 Å². The molecule has 5 heteroatoms. The first-order valence-corrected chi connectivity index (χ1v) is 6.95. The highest BCUT2D eigenvalue weighted by Gasteiger charge is 2.13. The van der Waals surface area contributed by atoms with E-state index in [1.807, 2.05) is 24.3 Å². The van der Waals surface area contributed by atoms with Gasteiger partial charge in [0.2, 0.25) is 0 Å². The molecule has 0 radical (unpaired) electrons. The Bertz CT molecular complexity index is 856. The molecule has 0 aliphatic rings. The molecule has 0 atom stereocenters. The Hall–Kier alpha value is -2.95. The largest absolute Gasteiger partial charge is 0.422 e. The van der Waals surface area contributed by atoms with Gasteiger partial charge in [0.1, 0.15) is 11.1 Å². The summed E-state index contributed by atoms with van der Waals surface area (Å²) in [6.45, 7) is 0.405. The molecule has 22 heavy (non-hydrogen) atoms. The van der Waals surface area contributed by atoms with Crippen molar-refractivity contribution in [2.45, 2.75) is 6.42 Å². The van der Waals surface area contributed by atoms with Crippen molar-refractivity contribution >= 4 is 16.9 Å². The van der Waals surface area contributed by atoms with E-state index in [1.54, 1.807) is 30.5 Å². The van der Waals surface area contributed by atoms with Crippen LogP contribution in [0, 0.1) is 0 Å². The number of benzene rings is 1. The predicted octanol–water partition coefficient (Wildman–Crippen LogP) is 2.16. The third-order valence-corrected chi connectivity index (χ3v) is 3.28. The summed E-state index contributed by atoms with van der Waals surface area (Å²) >= 11 is 0. The lowest BCUT2D eigenvalue weighted by Gasteiger charge is -2.05. The molecule has 1 amide bonds. The summed E-state index contributed by atoms with van der Waals surface area (Å²) in [7, 11) is 0. The monoisotopic (exact) mass is 294 g/mol. The molecule has 110 valence electrons. The SMILES string of the molecule is O=C(NCCc1ccccn1)c1cc2ccccc2oc1=O. The van der Waals surface area contributed by atoms with Crippen molar-refractivity contribution in [1.29, 1.82) is 0 Å². The van der Waals surface area contributed by atoms with Crippen LogP contribution in [0.2, 0.25) is 0 Å². The summed E-state index contributed by atoms with van der Waals surface area (Å²) in [5.41, 5.74) is 0.736. The fourth-order valence-corrected chi connectivity index (χ4v) is 2.17. The Morgan fingerprint density at radius 1 is 1.14 bits per heavy atom. The van der Waals surface area contributed by atoms with Crippen LogP contribution in [0.4, 0.5) is 0 Å². The molecule has 0 fully saturated rings. The van der Waals surface area contributed by atoms with E-state index >= 15 is 0 Å². The van der Waals surface area contributed by atoms with Crippen LogP contribution < -0.4 is 10.9 Å². The molecule has 1 N–H and O–H groups in total. The highest BCUT2D eigenvalue weighted by Crippen LogP contribution is 2.12. The molecule has 1 aromatic carbocycles. The van der Waals surface area contributed by atoms with Crippen molar-refractivity contribution in [3.63, 3.8) is 0 Å². The number of hydrogen-bond acceptors (Lipinski definition) is 4. The Morgan fingerprint density at radius 2 is 1.95 bits per heavy atom. The van der Waals surface area contributed by atoms with Crippen molar-refractivity contribution < 1.29 is 9.21 Å². The van der Waals surface area contributed by atoms with Crippen LogP contribution in [0.3, 0.4) is 0 Å². The number of nitrogens with zero attached hydrogens (tertiary/aromatic N) is 1. The second-order valence-electron chi connectivity index (χ2n) is 4.81. The van der Waals surface area contributed by atoms with Crippen LogP contribution in [0.5, 0.6) is 0 Å². The van der Waals surface area contributed by atoms with Gasteiger partial charge in [-0.2, -0.15) is 0 Å². The van der Waals surface area contributed by atoms with E-state index in [2.05, 4.69) is 10.3 Å². The molecular weight excluding hydrogens is 280 g/mol. The smallest absolute Gasteiger partial charge is 0.349 e. The van der Waals surface area contributed by atoms with Gasteiger partial charge >= 0.3 is 5.63 Å². The Morgan fingerprint density at radius 3 is 2.77 bits per heavy atom. The van der Waals surface area contributed by atoms with Gasteiger partial charge < -0.3 is 9.73 Å². The van der Waals surface area contributed by atoms with Crippen LogP contribution in [0.15, 0.2) is 63.9 Å². The van der Waals surface area contributed by atoms with E-state index in [1.165, 1.54) is 0 Å². The lowest BCUT2D eigenvalue weighted by molar-refractivity contribution is 0.0950. The minimum absolute atomic E-state index is 0.0136. The Kier molecular flexibility index (Phi) is 3.96. The number of amides is 1. The summed E-state index contributed by atoms with van der Waals surface area (Å²) in [6, 6.07) is 14.3. The lowest BCUT2D eigenvalue weighted by Crippen LogP contribution is -2.30. The number of aromatic nitrogens is 1. The van der Waals surface area contributed by atoms with Crippen LogP contribution in [-0.4, -0.2) is 17.4 Å². The van der Waals surface area contributed by atoms with Gasteiger partial charge in [-0.3, -0.25) is 9.78 Å². The number of rotatable bonds is 4. The lowest BCUT2D eigenvalue weighted by atomic mass is 10.2. The third-order valence-electron chi connectivity index (χ3n) is 3.28. The van der Waals surface area contributed by atoms with Gasteiger partial charge in [0.05, 0.1) is 0 Å². The maximum absolute atomic E-state index is 12.1. The fraction of sp³-hybridized carbons (Fsp3) is 0.118. The zero-order valence-electron chi connectivity index (χ0n) is 11.8. The molecule has 0 aliphatic carbocycles. The summed E-state index contributed by atoms with van der Waals surface area (Å²) in [5, 5.41) is 3.43. The molecular formula is C17H14N2O3. The molecule has 2 aromatic heterocycles. The predicted molar refractivity (Wildman–Crippen MR) is 82.8 cm³/mol. The summed E-state index contributed by atoms with van der Waals surface area (Å²) in [4.78, 5) is 28.2. The van der Waals surface area contributed by atoms with Gasteiger partial charge in [0.15, 0.2) is 0 Å². The van der Waals surface area contributed by atoms with Gasteiger partial charge in [-0.05, 0) is 24.3 Å². The zero-order chi connectivity index (χ0) is 15.4. The normalized spacial score (nSPS) is 10.5. The average molecular weight is 294 g/mol. The molecule has 0 unspecified atom stereocenters. The highest BCUT2D eigenvalue weighted by molar-refractivity contribution is 5.96. The van der Waals surface area contributed by atoms with E-state index in [4.69, 9.17) is 4.42 Å². The maximum atomic E-state index is 12.1. The van der Waals surface area contributed by atoms with E-state index in [0.29, 0.717) is 18.5 Å². The molecule has 5 nitrogen and oxygen atoms in total. The quantitative estimate of drug-likeness (QED) is 0.748. The molecule has 2 heterocycles. The van der Waals surface area contributed by atoms with Crippen molar-refractivity contribution in [3.8, 4) is 0 Å². The number of pyridine rings is 1. The summed E-state index contributed by atoms with van der Waals surface area (Å²) < 4.78 is 5.15. The summed E-state index contributed by atoms with van der Waals surface area (Å²) in [6.07, 6.45) is 2.31. The molecule has 3 aromatic rings. The van der Waals surface area contributed by atoms with Gasteiger partial charge in [-0.25, -0.2) is 4.79 Å². The van der Waals surface area contributed by atoms with E-state index < -0.39 is 11.5 Å². The molecule has 3 rings (SSSR count). The van der Waals surface area contributed by atoms with Crippen LogP contribution in [-0.2, 0) is 6.42 Å². The topological polar surface area (TPSA) is 72.2 Å². The van der Waals surface area contributed by atoms with E-state index in [9.17, 15) is 9.59 Å². The van der Waals surface area contributed by atoms with E-state index in [-0.39, 0.29) is 5.56 Å². The first-order valence-electron chi connectivity index (χ1n) is 6.95. The maximum Gasteiger partial charge on any atom is 0.349 e. The van der Waals surface area contributed by atoms with Crippen molar-refractivity contribution in [2.24, 2.45) is 0 Å². The molecule has 0 saturated heterocycles. The van der Waals surface area contributed by atoms with Crippen LogP contribution >= 0.6 is 0 Å². The molecule has 0 bridgehead atoms. The standard InChI is InChI=1S/C17H14N2O3/c20-16(19-10-8-13-6-3-4-9-18-13)14-11-12-5-1-2-7-15(12)22-17(14)21/h1-7,9,11H,8,10H2,(H,19,20). The molecule has 0 saturated carbocycles. The van der Waals surface area contributed by atoms with E-state index in [0.717, 1.165) is 11.1 Å².